The first-order valence-corrected chi connectivity index (χ1v) is 7.65. The molecule has 0 fully saturated rings. The molecule has 0 atom stereocenters. The Kier molecular flexibility index (Phi) is 4.81. The molecule has 3 rings (SSSR count). The summed E-state index contributed by atoms with van der Waals surface area (Å²) in [5.74, 6) is 0.528. The molecule has 0 aliphatic heterocycles. The molecule has 0 bridgehead atoms. The Balaban J connectivity index is 1.49. The smallest absolute Gasteiger partial charge is 0.254 e. The SMILES string of the molecule is Cc1ccc(NCCNC(=O)c2cnn(-c3ccccc3)c2)nn1. The highest BCUT2D eigenvalue weighted by Crippen LogP contribution is 2.07. The predicted molar refractivity (Wildman–Crippen MR) is 91.2 cm³/mol. The summed E-state index contributed by atoms with van der Waals surface area (Å²) in [5.41, 5.74) is 2.30. The summed E-state index contributed by atoms with van der Waals surface area (Å²) in [4.78, 5) is 12.1. The number of nitrogens with one attached hydrogen (secondary N) is 2. The van der Waals surface area contributed by atoms with E-state index in [2.05, 4.69) is 25.9 Å². The Morgan fingerprint density at radius 1 is 1.08 bits per heavy atom. The van der Waals surface area contributed by atoms with Crippen LogP contribution in [0.2, 0.25) is 0 Å². The summed E-state index contributed by atoms with van der Waals surface area (Å²) in [6.07, 6.45) is 3.27. The minimum absolute atomic E-state index is 0.158. The maximum Gasteiger partial charge on any atom is 0.254 e. The van der Waals surface area contributed by atoms with Gasteiger partial charge in [-0.05, 0) is 31.2 Å². The van der Waals surface area contributed by atoms with Crippen molar-refractivity contribution in [1.29, 1.82) is 0 Å². The lowest BCUT2D eigenvalue weighted by Gasteiger charge is -2.06. The minimum Gasteiger partial charge on any atom is -0.367 e. The average Bonchev–Trinajstić information content (AvgIpc) is 3.11. The lowest BCUT2D eigenvalue weighted by atomic mass is 10.3. The Morgan fingerprint density at radius 2 is 1.92 bits per heavy atom. The number of para-hydroxylation sites is 1. The third kappa shape index (κ3) is 3.95. The maximum absolute atomic E-state index is 12.1. The number of nitrogens with zero attached hydrogens (tertiary/aromatic N) is 4. The molecule has 7 heteroatoms. The van der Waals surface area contributed by atoms with Crippen LogP contribution in [0, 0.1) is 6.92 Å². The van der Waals surface area contributed by atoms with E-state index < -0.39 is 0 Å². The monoisotopic (exact) mass is 322 g/mol. The first-order valence-electron chi connectivity index (χ1n) is 7.65. The van der Waals surface area contributed by atoms with Crippen LogP contribution in [-0.4, -0.2) is 39.0 Å². The Morgan fingerprint density at radius 3 is 2.67 bits per heavy atom. The number of benzene rings is 1. The zero-order valence-corrected chi connectivity index (χ0v) is 13.3. The molecule has 2 N–H and O–H groups in total. The standard InChI is InChI=1S/C17H18N6O/c1-13-7-8-16(22-21-13)18-9-10-19-17(24)14-11-20-23(12-14)15-5-3-2-4-6-15/h2-8,11-12H,9-10H2,1H3,(H,18,22)(H,19,24). The molecule has 3 aromatic rings. The highest BCUT2D eigenvalue weighted by atomic mass is 16.1. The van der Waals surface area contributed by atoms with E-state index in [1.54, 1.807) is 17.1 Å². The highest BCUT2D eigenvalue weighted by molar-refractivity contribution is 5.93. The molecule has 0 saturated carbocycles. The van der Waals surface area contributed by atoms with Gasteiger partial charge in [0, 0.05) is 19.3 Å². The highest BCUT2D eigenvalue weighted by Gasteiger charge is 2.08. The van der Waals surface area contributed by atoms with E-state index in [0.717, 1.165) is 11.4 Å². The molecule has 0 radical (unpaired) electrons. The van der Waals surface area contributed by atoms with Crippen LogP contribution in [0.15, 0.2) is 54.9 Å². The largest absolute Gasteiger partial charge is 0.367 e. The second-order valence-electron chi connectivity index (χ2n) is 5.25. The van der Waals surface area contributed by atoms with Gasteiger partial charge in [0.15, 0.2) is 0 Å². The van der Waals surface area contributed by atoms with E-state index in [9.17, 15) is 4.79 Å². The summed E-state index contributed by atoms with van der Waals surface area (Å²) in [5, 5.41) is 18.1. The third-order valence-electron chi connectivity index (χ3n) is 3.38. The number of carbonyl (C=O) groups is 1. The molecule has 122 valence electrons. The van der Waals surface area contributed by atoms with Crippen molar-refractivity contribution >= 4 is 11.7 Å². The van der Waals surface area contributed by atoms with Gasteiger partial charge in [-0.3, -0.25) is 4.79 Å². The summed E-state index contributed by atoms with van der Waals surface area (Å²) >= 11 is 0. The number of aryl methyl sites for hydroxylation is 1. The van der Waals surface area contributed by atoms with Crippen molar-refractivity contribution in [3.8, 4) is 5.69 Å². The lowest BCUT2D eigenvalue weighted by molar-refractivity contribution is 0.0955. The van der Waals surface area contributed by atoms with Gasteiger partial charge in [-0.25, -0.2) is 4.68 Å². The van der Waals surface area contributed by atoms with Gasteiger partial charge in [-0.2, -0.15) is 10.2 Å². The normalized spacial score (nSPS) is 10.4. The molecule has 0 spiro atoms. The molecular weight excluding hydrogens is 304 g/mol. The zero-order chi connectivity index (χ0) is 16.8. The van der Waals surface area contributed by atoms with E-state index in [0.29, 0.717) is 24.5 Å². The summed E-state index contributed by atoms with van der Waals surface area (Å²) in [6, 6.07) is 13.4. The number of anilines is 1. The zero-order valence-electron chi connectivity index (χ0n) is 13.3. The second-order valence-corrected chi connectivity index (χ2v) is 5.25. The molecule has 7 nitrogen and oxygen atoms in total. The topological polar surface area (TPSA) is 84.7 Å². The molecule has 2 aromatic heterocycles. The average molecular weight is 322 g/mol. The molecule has 0 aliphatic rings. The lowest BCUT2D eigenvalue weighted by Crippen LogP contribution is -2.28. The van der Waals surface area contributed by atoms with Crippen LogP contribution in [-0.2, 0) is 0 Å². The predicted octanol–water partition coefficient (Wildman–Crippen LogP) is 1.81. The number of aromatic nitrogens is 4. The molecule has 0 saturated heterocycles. The van der Waals surface area contributed by atoms with E-state index in [-0.39, 0.29) is 5.91 Å². The number of rotatable bonds is 6. The van der Waals surface area contributed by atoms with Crippen molar-refractivity contribution in [2.75, 3.05) is 18.4 Å². The van der Waals surface area contributed by atoms with E-state index >= 15 is 0 Å². The van der Waals surface area contributed by atoms with Gasteiger partial charge in [0.1, 0.15) is 5.82 Å². The van der Waals surface area contributed by atoms with Crippen molar-refractivity contribution in [2.45, 2.75) is 6.92 Å². The van der Waals surface area contributed by atoms with Crippen molar-refractivity contribution in [3.05, 3.63) is 66.1 Å². The molecular formula is C17H18N6O. The molecule has 24 heavy (non-hydrogen) atoms. The molecule has 1 aromatic carbocycles. The van der Waals surface area contributed by atoms with Crippen molar-refractivity contribution < 1.29 is 4.79 Å². The summed E-state index contributed by atoms with van der Waals surface area (Å²) in [6.45, 7) is 2.92. The number of hydrogen-bond acceptors (Lipinski definition) is 5. The van der Waals surface area contributed by atoms with Gasteiger partial charge in [0.25, 0.3) is 5.91 Å². The van der Waals surface area contributed by atoms with Gasteiger partial charge in [0.2, 0.25) is 0 Å². The first kappa shape index (κ1) is 15.7. The van der Waals surface area contributed by atoms with E-state index in [1.807, 2.05) is 49.4 Å². The fourth-order valence-electron chi connectivity index (χ4n) is 2.12. The maximum atomic E-state index is 12.1. The molecule has 1 amide bonds. The van der Waals surface area contributed by atoms with Crippen LogP contribution in [0.1, 0.15) is 16.1 Å². The van der Waals surface area contributed by atoms with Crippen LogP contribution in [0.25, 0.3) is 5.69 Å². The van der Waals surface area contributed by atoms with Gasteiger partial charge < -0.3 is 10.6 Å². The van der Waals surface area contributed by atoms with Crippen LogP contribution < -0.4 is 10.6 Å². The first-order chi connectivity index (χ1) is 11.7. The van der Waals surface area contributed by atoms with E-state index in [1.165, 1.54) is 0 Å². The molecule has 0 aliphatic carbocycles. The third-order valence-corrected chi connectivity index (χ3v) is 3.38. The molecule has 0 unspecified atom stereocenters. The van der Waals surface area contributed by atoms with Crippen LogP contribution in [0.3, 0.4) is 0 Å². The Hall–Kier alpha value is -3.22. The fourth-order valence-corrected chi connectivity index (χ4v) is 2.12. The van der Waals surface area contributed by atoms with Gasteiger partial charge in [-0.1, -0.05) is 18.2 Å². The number of hydrogen-bond donors (Lipinski definition) is 2. The number of amides is 1. The van der Waals surface area contributed by atoms with E-state index in [4.69, 9.17) is 0 Å². The Bertz CT molecular complexity index is 797. The Labute approximate surface area is 139 Å². The van der Waals surface area contributed by atoms with Crippen molar-refractivity contribution in [1.82, 2.24) is 25.3 Å². The fraction of sp³-hybridized carbons (Fsp3) is 0.176. The summed E-state index contributed by atoms with van der Waals surface area (Å²) < 4.78 is 1.68. The van der Waals surface area contributed by atoms with Gasteiger partial charge in [-0.15, -0.1) is 5.10 Å². The minimum atomic E-state index is -0.158. The second kappa shape index (κ2) is 7.36. The van der Waals surface area contributed by atoms with Crippen molar-refractivity contribution in [3.63, 3.8) is 0 Å². The van der Waals surface area contributed by atoms with Crippen LogP contribution in [0.5, 0.6) is 0 Å². The van der Waals surface area contributed by atoms with Crippen molar-refractivity contribution in [2.24, 2.45) is 0 Å². The van der Waals surface area contributed by atoms with Crippen LogP contribution in [0.4, 0.5) is 5.82 Å². The van der Waals surface area contributed by atoms with Gasteiger partial charge >= 0.3 is 0 Å². The summed E-state index contributed by atoms with van der Waals surface area (Å²) in [7, 11) is 0. The molecule has 2 heterocycles. The quantitative estimate of drug-likeness (QED) is 0.676. The van der Waals surface area contributed by atoms with Crippen LogP contribution >= 0.6 is 0 Å². The van der Waals surface area contributed by atoms with Gasteiger partial charge in [0.05, 0.1) is 23.1 Å². The number of carbonyl (C=O) groups excluding carboxylic acids is 1.